The number of hydrogen-bond acceptors (Lipinski definition) is 4. The molecular weight excluding hydrogens is 679 g/mol. The molecule has 2 heterocycles. The number of aromatic amines is 1. The van der Waals surface area contributed by atoms with Crippen LogP contribution in [0.5, 0.6) is 5.75 Å². The van der Waals surface area contributed by atoms with E-state index in [4.69, 9.17) is 27.9 Å². The third kappa shape index (κ3) is 6.34. The summed E-state index contributed by atoms with van der Waals surface area (Å²) in [6, 6.07) is 10.7. The second-order valence-corrected chi connectivity index (χ2v) is 12.8. The van der Waals surface area contributed by atoms with Crippen molar-refractivity contribution in [2.24, 2.45) is 7.05 Å². The lowest BCUT2D eigenvalue weighted by atomic mass is 9.98. The number of ether oxygens (including phenoxy) is 1. The highest BCUT2D eigenvalue weighted by atomic mass is 79.9. The van der Waals surface area contributed by atoms with E-state index >= 15 is 0 Å². The number of carbonyl (C=O) groups is 2. The van der Waals surface area contributed by atoms with Gasteiger partial charge in [0.2, 0.25) is 0 Å². The van der Waals surface area contributed by atoms with E-state index in [0.29, 0.717) is 45.9 Å². The number of carboxylic acid groups (broad SMARTS) is 1. The summed E-state index contributed by atoms with van der Waals surface area (Å²) in [6.45, 7) is 9.93. The summed E-state index contributed by atoms with van der Waals surface area (Å²) in [7, 11) is 1.88. The summed E-state index contributed by atoms with van der Waals surface area (Å²) >= 11 is 16.6. The molecule has 3 aromatic carbocycles. The van der Waals surface area contributed by atoms with Gasteiger partial charge in [-0.15, -0.1) is 0 Å². The van der Waals surface area contributed by atoms with Gasteiger partial charge in [0.15, 0.2) is 0 Å². The molecule has 0 spiro atoms. The monoisotopic (exact) mass is 710 g/mol. The molecule has 2 aromatic heterocycles. The number of carboxylic acids is 1. The first kappa shape index (κ1) is 32.6. The molecule has 45 heavy (non-hydrogen) atoms. The fraction of sp³-hybridized carbons (Fsp3) is 0.265. The average Bonchev–Trinajstić information content (AvgIpc) is 3.46. The summed E-state index contributed by atoms with van der Waals surface area (Å²) in [5, 5.41) is 19.3. The maximum atomic E-state index is 13.9. The van der Waals surface area contributed by atoms with Crippen LogP contribution in [0.4, 0.5) is 5.69 Å². The molecule has 5 rings (SSSR count). The molecule has 0 saturated carbocycles. The first-order chi connectivity index (χ1) is 21.3. The number of nitrogens with one attached hydrogen (secondary N) is 2. The highest BCUT2D eigenvalue weighted by molar-refractivity contribution is 9.10. The second-order valence-electron chi connectivity index (χ2n) is 11.2. The Kier molecular flexibility index (Phi) is 9.35. The minimum atomic E-state index is -1.08. The van der Waals surface area contributed by atoms with Gasteiger partial charge in [-0.2, -0.15) is 5.10 Å². The van der Waals surface area contributed by atoms with Crippen LogP contribution in [0, 0.1) is 34.6 Å². The molecule has 0 aliphatic heterocycles. The van der Waals surface area contributed by atoms with E-state index < -0.39 is 11.9 Å². The maximum absolute atomic E-state index is 13.9. The van der Waals surface area contributed by atoms with E-state index in [2.05, 4.69) is 31.3 Å². The number of fused-ring (bicyclic) bond motifs is 1. The highest BCUT2D eigenvalue weighted by Crippen LogP contribution is 2.40. The minimum absolute atomic E-state index is 0.0953. The summed E-state index contributed by atoms with van der Waals surface area (Å²) in [6.07, 6.45) is 1.15. The molecule has 5 aromatic rings. The number of halogens is 3. The van der Waals surface area contributed by atoms with Crippen LogP contribution in [0.15, 0.2) is 40.9 Å². The number of carbonyl (C=O) groups excluding carboxylic acids is 1. The summed E-state index contributed by atoms with van der Waals surface area (Å²) in [5.41, 5.74) is 8.23. The van der Waals surface area contributed by atoms with Crippen LogP contribution in [0.3, 0.4) is 0 Å². The predicted octanol–water partition coefficient (Wildman–Crippen LogP) is 9.14. The van der Waals surface area contributed by atoms with Crippen LogP contribution in [0.2, 0.25) is 10.0 Å². The van der Waals surface area contributed by atoms with Gasteiger partial charge in [-0.25, -0.2) is 4.79 Å². The van der Waals surface area contributed by atoms with Crippen LogP contribution in [-0.2, 0) is 13.5 Å². The molecule has 8 nitrogen and oxygen atoms in total. The van der Waals surface area contributed by atoms with Gasteiger partial charge in [0.25, 0.3) is 5.91 Å². The quantitative estimate of drug-likeness (QED) is 0.132. The molecule has 11 heteroatoms. The minimum Gasteiger partial charge on any atom is -0.494 e. The third-order valence-electron chi connectivity index (χ3n) is 8.10. The Morgan fingerprint density at radius 2 is 1.73 bits per heavy atom. The van der Waals surface area contributed by atoms with Crippen molar-refractivity contribution in [3.8, 4) is 16.9 Å². The number of rotatable bonds is 9. The average molecular weight is 712 g/mol. The predicted molar refractivity (Wildman–Crippen MR) is 184 cm³/mol. The van der Waals surface area contributed by atoms with Crippen LogP contribution in [-0.4, -0.2) is 38.4 Å². The Labute approximate surface area is 279 Å². The molecule has 0 aliphatic carbocycles. The largest absolute Gasteiger partial charge is 0.494 e. The van der Waals surface area contributed by atoms with Crippen LogP contribution < -0.4 is 10.1 Å². The number of anilines is 1. The topological polar surface area (TPSA) is 109 Å². The zero-order valence-corrected chi connectivity index (χ0v) is 28.9. The number of aryl methyl sites for hydroxylation is 5. The van der Waals surface area contributed by atoms with Gasteiger partial charge in [-0.1, -0.05) is 45.2 Å². The lowest BCUT2D eigenvalue weighted by Gasteiger charge is -2.12. The summed E-state index contributed by atoms with van der Waals surface area (Å²) < 4.78 is 8.46. The van der Waals surface area contributed by atoms with Gasteiger partial charge in [0.05, 0.1) is 28.4 Å². The standard InChI is InChI=1S/C34H33BrCl2N4O4/c1-16-12-22(13-17(2)30(16)37)45-11-7-8-23-24-9-10-27(36)29(28-19(4)40-41(6)20(28)5)31(24)39-32(23)33(42)38-21-14-25(34(43)44)18(3)26(35)15-21/h9-10,12-15,39H,7-8,11H2,1-6H3,(H,38,42)(H,43,44). The summed E-state index contributed by atoms with van der Waals surface area (Å²) in [4.78, 5) is 29.1. The first-order valence-electron chi connectivity index (χ1n) is 14.4. The number of benzene rings is 3. The zero-order chi connectivity index (χ0) is 32.7. The van der Waals surface area contributed by atoms with Crippen molar-refractivity contribution >= 4 is 67.6 Å². The lowest BCUT2D eigenvalue weighted by molar-refractivity contribution is 0.0695. The van der Waals surface area contributed by atoms with E-state index in [1.807, 2.05) is 63.7 Å². The molecule has 0 fully saturated rings. The highest BCUT2D eigenvalue weighted by Gasteiger charge is 2.25. The van der Waals surface area contributed by atoms with Crippen molar-refractivity contribution in [2.45, 2.75) is 47.5 Å². The van der Waals surface area contributed by atoms with Gasteiger partial charge in [-0.3, -0.25) is 9.48 Å². The van der Waals surface area contributed by atoms with Gasteiger partial charge in [0, 0.05) is 44.4 Å². The Bertz CT molecular complexity index is 1970. The van der Waals surface area contributed by atoms with Gasteiger partial charge in [-0.05, 0) is 100 Å². The lowest BCUT2D eigenvalue weighted by Crippen LogP contribution is -2.15. The number of amides is 1. The smallest absolute Gasteiger partial charge is 0.336 e. The van der Waals surface area contributed by atoms with E-state index in [-0.39, 0.29) is 5.56 Å². The third-order valence-corrected chi connectivity index (χ3v) is 9.83. The number of hydrogen-bond donors (Lipinski definition) is 3. The first-order valence-corrected chi connectivity index (χ1v) is 15.9. The summed E-state index contributed by atoms with van der Waals surface area (Å²) in [5.74, 6) is -0.745. The molecular formula is C34H33BrCl2N4O4. The number of H-pyrrole nitrogens is 1. The van der Waals surface area contributed by atoms with Crippen LogP contribution in [0.1, 0.15) is 60.9 Å². The van der Waals surface area contributed by atoms with E-state index in [9.17, 15) is 14.7 Å². The van der Waals surface area contributed by atoms with E-state index in [1.54, 1.807) is 13.0 Å². The molecule has 1 amide bonds. The van der Waals surface area contributed by atoms with Gasteiger partial charge < -0.3 is 20.1 Å². The molecule has 3 N–H and O–H groups in total. The van der Waals surface area contributed by atoms with Crippen molar-refractivity contribution in [3.05, 3.63) is 95.8 Å². The molecule has 0 atom stereocenters. The van der Waals surface area contributed by atoms with Crippen LogP contribution in [0.25, 0.3) is 22.0 Å². The zero-order valence-electron chi connectivity index (χ0n) is 25.8. The van der Waals surface area contributed by atoms with Crippen molar-refractivity contribution in [2.75, 3.05) is 11.9 Å². The number of nitrogens with zero attached hydrogens (tertiary/aromatic N) is 2. The normalized spacial score (nSPS) is 11.3. The van der Waals surface area contributed by atoms with Crippen molar-refractivity contribution in [1.82, 2.24) is 14.8 Å². The van der Waals surface area contributed by atoms with E-state index in [0.717, 1.165) is 60.9 Å². The Morgan fingerprint density at radius 3 is 2.36 bits per heavy atom. The number of aromatic carboxylic acids is 1. The van der Waals surface area contributed by atoms with E-state index in [1.165, 1.54) is 6.07 Å². The SMILES string of the molecule is Cc1cc(OCCCc2c(C(=O)Nc3cc(Br)c(C)c(C(=O)O)c3)[nH]c3c(-c4c(C)nn(C)c4C)c(Cl)ccc23)cc(C)c1Cl. The second kappa shape index (κ2) is 12.9. The fourth-order valence-electron chi connectivity index (χ4n) is 5.72. The molecule has 0 bridgehead atoms. The number of aromatic nitrogens is 3. The fourth-order valence-corrected chi connectivity index (χ4v) is 6.54. The Balaban J connectivity index is 1.55. The van der Waals surface area contributed by atoms with Crippen molar-refractivity contribution < 1.29 is 19.4 Å². The van der Waals surface area contributed by atoms with Gasteiger partial charge >= 0.3 is 5.97 Å². The van der Waals surface area contributed by atoms with Crippen molar-refractivity contribution in [1.29, 1.82) is 0 Å². The van der Waals surface area contributed by atoms with Crippen molar-refractivity contribution in [3.63, 3.8) is 0 Å². The molecule has 0 aliphatic rings. The molecule has 0 radical (unpaired) electrons. The van der Waals surface area contributed by atoms with Gasteiger partial charge in [0.1, 0.15) is 11.4 Å². The molecule has 0 saturated heterocycles. The Morgan fingerprint density at radius 1 is 1.04 bits per heavy atom. The maximum Gasteiger partial charge on any atom is 0.336 e. The Hall–Kier alpha value is -3.79. The van der Waals surface area contributed by atoms with Crippen LogP contribution >= 0.6 is 39.1 Å². The molecule has 0 unspecified atom stereocenters. The molecule has 234 valence electrons.